The first kappa shape index (κ1) is 12.7. The van der Waals surface area contributed by atoms with E-state index in [-0.39, 0.29) is 12.1 Å². The van der Waals surface area contributed by atoms with Crippen molar-refractivity contribution in [2.75, 3.05) is 6.54 Å². The van der Waals surface area contributed by atoms with Gasteiger partial charge in [-0.3, -0.25) is 0 Å². The van der Waals surface area contributed by atoms with Crippen molar-refractivity contribution in [3.8, 4) is 0 Å². The van der Waals surface area contributed by atoms with Crippen molar-refractivity contribution in [3.05, 3.63) is 0 Å². The summed E-state index contributed by atoms with van der Waals surface area (Å²) in [5.41, 5.74) is 5.76. The summed E-state index contributed by atoms with van der Waals surface area (Å²) in [6.07, 6.45) is 3.47. The number of fused-ring (bicyclic) bond motifs is 2. The molecule has 0 aromatic heterocycles. The van der Waals surface area contributed by atoms with Gasteiger partial charge in [0.05, 0.1) is 0 Å². The number of carbonyl (C=O) groups excluding carboxylic acids is 1. The molecule has 0 spiro atoms. The van der Waals surface area contributed by atoms with E-state index in [0.29, 0.717) is 24.3 Å². The van der Waals surface area contributed by atoms with Crippen molar-refractivity contribution in [2.24, 2.45) is 23.5 Å². The van der Waals surface area contributed by atoms with Gasteiger partial charge < -0.3 is 15.8 Å². The first-order chi connectivity index (χ1) is 7.87. The second-order valence-electron chi connectivity index (χ2n) is 6.46. The molecule has 0 heterocycles. The minimum absolute atomic E-state index is 0.267. The lowest BCUT2D eigenvalue weighted by Crippen LogP contribution is -2.43. The molecule has 0 saturated heterocycles. The van der Waals surface area contributed by atoms with Crippen molar-refractivity contribution in [2.45, 2.75) is 51.7 Å². The highest BCUT2D eigenvalue weighted by Gasteiger charge is 2.45. The summed E-state index contributed by atoms with van der Waals surface area (Å²) in [5.74, 6) is 1.84. The standard InChI is InChI=1S/C13H24N2O2/c1-13(2,3)17-12(16)15-7-10-8-4-5-9(6-8)11(10)14/h8-11H,4-7,14H2,1-3H3,(H,15,16)/t8-,9+,10-,11-/m1/s1. The zero-order valence-corrected chi connectivity index (χ0v) is 11.0. The molecule has 2 fully saturated rings. The number of hydrogen-bond donors (Lipinski definition) is 2. The van der Waals surface area contributed by atoms with Gasteiger partial charge in [-0.1, -0.05) is 0 Å². The van der Waals surface area contributed by atoms with Crippen molar-refractivity contribution < 1.29 is 9.53 Å². The lowest BCUT2D eigenvalue weighted by Gasteiger charge is -2.28. The number of nitrogens with two attached hydrogens (primary N) is 1. The number of nitrogens with one attached hydrogen (secondary N) is 1. The fourth-order valence-corrected chi connectivity index (χ4v) is 3.27. The van der Waals surface area contributed by atoms with Gasteiger partial charge in [0.25, 0.3) is 0 Å². The Labute approximate surface area is 103 Å². The van der Waals surface area contributed by atoms with Gasteiger partial charge >= 0.3 is 6.09 Å². The Morgan fingerprint density at radius 1 is 1.35 bits per heavy atom. The van der Waals surface area contributed by atoms with Crippen LogP contribution >= 0.6 is 0 Å². The van der Waals surface area contributed by atoms with E-state index in [1.165, 1.54) is 19.3 Å². The summed E-state index contributed by atoms with van der Waals surface area (Å²) in [6.45, 7) is 6.28. The number of amides is 1. The molecule has 2 aliphatic rings. The van der Waals surface area contributed by atoms with E-state index < -0.39 is 5.60 Å². The summed E-state index contributed by atoms with van der Waals surface area (Å²) in [5, 5.41) is 2.86. The monoisotopic (exact) mass is 240 g/mol. The SMILES string of the molecule is CC(C)(C)OC(=O)NC[C@@H]1[C@@H]2CC[C@@H](C2)[C@H]1N. The van der Waals surface area contributed by atoms with Crippen LogP contribution in [0.1, 0.15) is 40.0 Å². The van der Waals surface area contributed by atoms with Crippen LogP contribution < -0.4 is 11.1 Å². The van der Waals surface area contributed by atoms with E-state index in [0.717, 1.165) is 0 Å². The quantitative estimate of drug-likeness (QED) is 0.774. The third-order valence-electron chi connectivity index (χ3n) is 4.04. The Morgan fingerprint density at radius 2 is 2.00 bits per heavy atom. The summed E-state index contributed by atoms with van der Waals surface area (Å²) < 4.78 is 5.22. The molecular weight excluding hydrogens is 216 g/mol. The molecule has 17 heavy (non-hydrogen) atoms. The van der Waals surface area contributed by atoms with E-state index >= 15 is 0 Å². The van der Waals surface area contributed by atoms with E-state index in [1.807, 2.05) is 20.8 Å². The topological polar surface area (TPSA) is 64.3 Å². The largest absolute Gasteiger partial charge is 0.444 e. The Morgan fingerprint density at radius 3 is 2.53 bits per heavy atom. The lowest BCUT2D eigenvalue weighted by atomic mass is 9.85. The average molecular weight is 240 g/mol. The number of alkyl carbamates (subject to hydrolysis) is 1. The summed E-state index contributed by atoms with van der Waals surface area (Å²) in [7, 11) is 0. The summed E-state index contributed by atoms with van der Waals surface area (Å²) in [6, 6.07) is 0.267. The molecule has 0 aromatic carbocycles. The fraction of sp³-hybridized carbons (Fsp3) is 0.923. The van der Waals surface area contributed by atoms with Crippen LogP contribution in [0.25, 0.3) is 0 Å². The predicted molar refractivity (Wildman–Crippen MR) is 66.5 cm³/mol. The maximum atomic E-state index is 11.6. The van der Waals surface area contributed by atoms with Crippen molar-refractivity contribution in [3.63, 3.8) is 0 Å². The normalized spacial score (nSPS) is 36.0. The molecule has 98 valence electrons. The van der Waals surface area contributed by atoms with E-state index in [9.17, 15) is 4.79 Å². The van der Waals surface area contributed by atoms with Crippen LogP contribution in [0.5, 0.6) is 0 Å². The first-order valence-corrected chi connectivity index (χ1v) is 6.59. The minimum Gasteiger partial charge on any atom is -0.444 e. The van der Waals surface area contributed by atoms with Gasteiger partial charge in [-0.25, -0.2) is 4.79 Å². The van der Waals surface area contributed by atoms with E-state index in [2.05, 4.69) is 5.32 Å². The molecule has 0 radical (unpaired) electrons. The molecule has 3 N–H and O–H groups in total. The van der Waals surface area contributed by atoms with Crippen LogP contribution in [-0.2, 0) is 4.74 Å². The number of ether oxygens (including phenoxy) is 1. The Kier molecular flexibility index (Phi) is 3.34. The van der Waals surface area contributed by atoms with Crippen LogP contribution in [0.3, 0.4) is 0 Å². The fourth-order valence-electron chi connectivity index (χ4n) is 3.27. The average Bonchev–Trinajstić information content (AvgIpc) is 2.73. The molecule has 1 amide bonds. The minimum atomic E-state index is -0.430. The van der Waals surface area contributed by atoms with Crippen molar-refractivity contribution >= 4 is 6.09 Å². The molecule has 0 aliphatic heterocycles. The number of hydrogen-bond acceptors (Lipinski definition) is 3. The van der Waals surface area contributed by atoms with Crippen molar-refractivity contribution in [1.29, 1.82) is 0 Å². The second-order valence-corrected chi connectivity index (χ2v) is 6.46. The van der Waals surface area contributed by atoms with Crippen LogP contribution in [0.15, 0.2) is 0 Å². The highest BCUT2D eigenvalue weighted by Crippen LogP contribution is 2.47. The Hall–Kier alpha value is -0.770. The zero-order chi connectivity index (χ0) is 12.6. The summed E-state index contributed by atoms with van der Waals surface area (Å²) >= 11 is 0. The second kappa shape index (κ2) is 4.48. The molecule has 2 bridgehead atoms. The van der Waals surface area contributed by atoms with Gasteiger partial charge in [0.1, 0.15) is 5.60 Å². The van der Waals surface area contributed by atoms with Crippen LogP contribution in [0.2, 0.25) is 0 Å². The molecule has 2 rings (SSSR count). The first-order valence-electron chi connectivity index (χ1n) is 6.59. The molecule has 4 nitrogen and oxygen atoms in total. The van der Waals surface area contributed by atoms with Crippen LogP contribution in [-0.4, -0.2) is 24.3 Å². The number of carbonyl (C=O) groups is 1. The van der Waals surface area contributed by atoms with Gasteiger partial charge in [-0.05, 0) is 57.8 Å². The zero-order valence-electron chi connectivity index (χ0n) is 11.0. The third-order valence-corrected chi connectivity index (χ3v) is 4.04. The van der Waals surface area contributed by atoms with E-state index in [4.69, 9.17) is 10.5 Å². The maximum Gasteiger partial charge on any atom is 0.407 e. The molecule has 0 unspecified atom stereocenters. The lowest BCUT2D eigenvalue weighted by molar-refractivity contribution is 0.0511. The van der Waals surface area contributed by atoms with Gasteiger partial charge in [0.2, 0.25) is 0 Å². The maximum absolute atomic E-state index is 11.6. The molecule has 4 heteroatoms. The highest BCUT2D eigenvalue weighted by molar-refractivity contribution is 5.67. The summed E-state index contributed by atoms with van der Waals surface area (Å²) in [4.78, 5) is 11.6. The molecule has 4 atom stereocenters. The molecule has 0 aromatic rings. The van der Waals surface area contributed by atoms with Crippen LogP contribution in [0.4, 0.5) is 4.79 Å². The van der Waals surface area contributed by atoms with Gasteiger partial charge in [0, 0.05) is 12.6 Å². The van der Waals surface area contributed by atoms with Crippen molar-refractivity contribution in [1.82, 2.24) is 5.32 Å². The molecular formula is C13H24N2O2. The predicted octanol–water partition coefficient (Wildman–Crippen LogP) is 1.88. The third kappa shape index (κ3) is 2.92. The van der Waals surface area contributed by atoms with Gasteiger partial charge in [0.15, 0.2) is 0 Å². The molecule has 2 aliphatic carbocycles. The number of rotatable bonds is 2. The van der Waals surface area contributed by atoms with Crippen LogP contribution in [0, 0.1) is 17.8 Å². The molecule has 2 saturated carbocycles. The highest BCUT2D eigenvalue weighted by atomic mass is 16.6. The van der Waals surface area contributed by atoms with E-state index in [1.54, 1.807) is 0 Å². The Bertz CT molecular complexity index is 296. The van der Waals surface area contributed by atoms with Gasteiger partial charge in [-0.15, -0.1) is 0 Å². The smallest absolute Gasteiger partial charge is 0.407 e. The Balaban J connectivity index is 1.77. The van der Waals surface area contributed by atoms with Gasteiger partial charge in [-0.2, -0.15) is 0 Å².